The monoisotopic (exact) mass is 558 g/mol. The number of hydrogen-bond donors (Lipinski definition) is 0. The molecule has 0 spiro atoms. The predicted molar refractivity (Wildman–Crippen MR) is 151 cm³/mol. The number of hydrogen-bond acceptors (Lipinski definition) is 1. The molecule has 6 rings (SSSR count). The van der Waals surface area contributed by atoms with Crippen molar-refractivity contribution in [2.45, 2.75) is 50.2 Å². The van der Waals surface area contributed by atoms with E-state index in [2.05, 4.69) is 117 Å². The topological polar surface area (TPSA) is 17.3 Å². The Morgan fingerprint density at radius 1 is 0.829 bits per heavy atom. The Labute approximate surface area is 229 Å². The van der Waals surface area contributed by atoms with Gasteiger partial charge in [0.2, 0.25) is 0 Å². The van der Waals surface area contributed by atoms with E-state index in [0.717, 1.165) is 0 Å². The van der Waals surface area contributed by atoms with E-state index in [0.29, 0.717) is 35.3 Å². The molecule has 6 heteroatoms. The van der Waals surface area contributed by atoms with E-state index in [9.17, 15) is 0 Å². The summed E-state index contributed by atoms with van der Waals surface area (Å²) < 4.78 is 2.89. The molecule has 0 radical (unpaired) electrons. The van der Waals surface area contributed by atoms with E-state index < -0.39 is 25.3 Å². The maximum atomic E-state index is 5.38. The molecule has 35 heavy (non-hydrogen) atoms. The van der Waals surface area contributed by atoms with Gasteiger partial charge in [0.05, 0.1) is 0 Å². The first kappa shape index (κ1) is 27.4. The van der Waals surface area contributed by atoms with Crippen LogP contribution in [-0.2, 0) is 17.0 Å². The third-order valence-corrected chi connectivity index (χ3v) is 13.0. The average molecular weight is 559 g/mol. The second kappa shape index (κ2) is 10.6. The summed E-state index contributed by atoms with van der Waals surface area (Å²) in [5.74, 6) is 2.52. The molecule has 1 saturated heterocycles. The Morgan fingerprint density at radius 3 is 1.80 bits per heavy atom. The van der Waals surface area contributed by atoms with Crippen LogP contribution in [0.5, 0.6) is 0 Å². The molecule has 6 atom stereocenters. The van der Waals surface area contributed by atoms with Crippen molar-refractivity contribution in [2.75, 3.05) is 0 Å². The third-order valence-electron chi connectivity index (χ3n) is 8.55. The molecule has 0 amide bonds. The molecule has 1 aromatic carbocycles. The van der Waals surface area contributed by atoms with E-state index in [1.807, 2.05) is 0 Å². The molecule has 1 aliphatic heterocycles. The third kappa shape index (κ3) is 4.72. The maximum absolute atomic E-state index is 5.38. The van der Waals surface area contributed by atoms with Gasteiger partial charge >= 0.3 is 35.6 Å². The standard InChI is InChI=1S/C28H33N2Si.CH3.2ClH.Ti/c1-28(2)29-25-17-19-11-5-6-12-20(19)18-26(25)30(28)31(3,4)27-23-15-9-7-13-21(23)22-14-8-10-16-24(22)27;;;;/h5-18,21-27H,1-4H3;1H3;2*1H;/q2*-1;;;+2/p-2/t21?,22?,23?,24?,25?,26-,27?;;;;/m1..../s1. The fourth-order valence-corrected chi connectivity index (χ4v) is 13.1. The number of rotatable bonds is 2. The van der Waals surface area contributed by atoms with E-state index in [1.165, 1.54) is 10.4 Å². The van der Waals surface area contributed by atoms with E-state index in [-0.39, 0.29) is 19.1 Å². The van der Waals surface area contributed by atoms with Crippen LogP contribution in [0.2, 0.25) is 18.6 Å². The van der Waals surface area contributed by atoms with Gasteiger partial charge in [-0.15, -0.1) is 0 Å². The van der Waals surface area contributed by atoms with Crippen molar-refractivity contribution in [2.24, 2.45) is 23.7 Å². The first-order valence-corrected chi connectivity index (χ1v) is 19.6. The van der Waals surface area contributed by atoms with Crippen molar-refractivity contribution in [3.8, 4) is 0 Å². The molecule has 5 aliphatic rings. The molecule has 1 heterocycles. The first-order valence-electron chi connectivity index (χ1n) is 12.3. The molecule has 186 valence electrons. The Morgan fingerprint density at radius 2 is 1.29 bits per heavy atom. The molecule has 0 aromatic heterocycles. The van der Waals surface area contributed by atoms with Gasteiger partial charge in [-0.25, -0.2) is 0 Å². The van der Waals surface area contributed by atoms with Gasteiger partial charge in [0, 0.05) is 6.04 Å². The summed E-state index contributed by atoms with van der Waals surface area (Å²) in [5.41, 5.74) is 0.541. The van der Waals surface area contributed by atoms with Gasteiger partial charge in [-0.2, -0.15) is 0 Å². The van der Waals surface area contributed by atoms with Crippen LogP contribution in [0.3, 0.4) is 0 Å². The fraction of sp³-hybridized carbons (Fsp3) is 0.414. The van der Waals surface area contributed by atoms with E-state index in [4.69, 9.17) is 23.9 Å². The normalized spacial score (nSPS) is 35.2. The minimum absolute atomic E-state index is 0. The van der Waals surface area contributed by atoms with Crippen LogP contribution in [-0.4, -0.2) is 30.5 Å². The van der Waals surface area contributed by atoms with Gasteiger partial charge < -0.3 is 17.3 Å². The molecule has 1 saturated carbocycles. The summed E-state index contributed by atoms with van der Waals surface area (Å²) in [4.78, 5) is 0. The Bertz CT molecular complexity index is 1140. The second-order valence-electron chi connectivity index (χ2n) is 11.0. The molecule has 4 aliphatic carbocycles. The molecular formula is C29H36Cl2N2SiTi-2. The summed E-state index contributed by atoms with van der Waals surface area (Å²) in [6.07, 6.45) is 24.1. The van der Waals surface area contributed by atoms with Gasteiger partial charge in [-0.1, -0.05) is 124 Å². The average Bonchev–Trinajstić information content (AvgIpc) is 3.28. The van der Waals surface area contributed by atoms with Crippen LogP contribution in [0.15, 0.2) is 72.9 Å². The van der Waals surface area contributed by atoms with Crippen LogP contribution in [0, 0.1) is 31.1 Å². The zero-order valence-electron chi connectivity index (χ0n) is 21.3. The zero-order chi connectivity index (χ0) is 24.1. The molecule has 1 aromatic rings. The van der Waals surface area contributed by atoms with Crippen molar-refractivity contribution in [1.29, 1.82) is 0 Å². The van der Waals surface area contributed by atoms with Crippen LogP contribution < -0.4 is 10.4 Å². The van der Waals surface area contributed by atoms with Crippen molar-refractivity contribution >= 4 is 39.0 Å². The fourth-order valence-electron chi connectivity index (χ4n) is 7.73. The Balaban J connectivity index is 0.000000689. The minimum atomic E-state index is -1.90. The summed E-state index contributed by atoms with van der Waals surface area (Å²) in [7, 11) is 7.88. The number of benzene rings is 1. The summed E-state index contributed by atoms with van der Waals surface area (Å²) in [5, 5.41) is 8.09. The van der Waals surface area contributed by atoms with Gasteiger partial charge in [-0.3, -0.25) is 0 Å². The summed E-state index contributed by atoms with van der Waals surface area (Å²) in [6, 6.07) is 9.44. The predicted octanol–water partition coefficient (Wildman–Crippen LogP) is 6.56. The van der Waals surface area contributed by atoms with Crippen molar-refractivity contribution in [3.05, 3.63) is 96.1 Å². The first-order chi connectivity index (χ1) is 16.3. The van der Waals surface area contributed by atoms with E-state index in [1.54, 1.807) is 0 Å². The molecule has 0 bridgehead atoms. The quantitative estimate of drug-likeness (QED) is 0.297. The number of allylic oxidation sites excluding steroid dienone is 8. The van der Waals surface area contributed by atoms with Gasteiger partial charge in [-0.05, 0) is 39.7 Å². The number of halogens is 2. The van der Waals surface area contributed by atoms with Crippen LogP contribution in [0.25, 0.3) is 17.5 Å². The van der Waals surface area contributed by atoms with Gasteiger partial charge in [0.1, 0.15) is 8.24 Å². The van der Waals surface area contributed by atoms with Crippen molar-refractivity contribution in [1.82, 2.24) is 4.57 Å². The van der Waals surface area contributed by atoms with Crippen LogP contribution >= 0.6 is 18.6 Å². The van der Waals surface area contributed by atoms with E-state index >= 15 is 0 Å². The molecule has 0 N–H and O–H groups in total. The van der Waals surface area contributed by atoms with Crippen LogP contribution in [0.4, 0.5) is 0 Å². The number of nitrogens with zero attached hydrogens (tertiary/aromatic N) is 2. The van der Waals surface area contributed by atoms with Crippen molar-refractivity contribution in [3.63, 3.8) is 0 Å². The second-order valence-corrected chi connectivity index (χ2v) is 18.1. The summed E-state index contributed by atoms with van der Waals surface area (Å²) >= 11 is -0.556. The zero-order valence-corrected chi connectivity index (χ0v) is 25.3. The molecule has 2 nitrogen and oxygen atoms in total. The molecular weight excluding hydrogens is 523 g/mol. The summed E-state index contributed by atoms with van der Waals surface area (Å²) in [6.45, 7) is 9.96. The Kier molecular flexibility index (Phi) is 8.30. The van der Waals surface area contributed by atoms with Crippen molar-refractivity contribution < 1.29 is 17.0 Å². The van der Waals surface area contributed by atoms with Gasteiger partial charge in [0.25, 0.3) is 0 Å². The van der Waals surface area contributed by atoms with Crippen LogP contribution in [0.1, 0.15) is 13.8 Å². The Hall–Kier alpha value is -0.649. The molecule has 5 unspecified atom stereocenters. The number of fused-ring (bicyclic) bond motifs is 5. The van der Waals surface area contributed by atoms with Gasteiger partial charge in [0.15, 0.2) is 0 Å². The SMILES string of the molecule is CC1(C)[N-]C2C=c3ccccc3=C[C@H]2N1[Si](C)(C)C1C2C=CC=CC2C2C=CC=CC21.[CH3-].[Cl][Ti][Cl]. The molecule has 2 fully saturated rings.